The summed E-state index contributed by atoms with van der Waals surface area (Å²) in [5.41, 5.74) is 1.34. The topological polar surface area (TPSA) is 24.9 Å². The molecule has 0 aliphatic carbocycles. The second-order valence-corrected chi connectivity index (χ2v) is 4.90. The lowest BCUT2D eigenvalue weighted by Gasteiger charge is -2.27. The van der Waals surface area contributed by atoms with Crippen molar-refractivity contribution in [1.82, 2.24) is 9.69 Å². The molecule has 0 saturated carbocycles. The molecule has 2 atom stereocenters. The summed E-state index contributed by atoms with van der Waals surface area (Å²) in [6.45, 7) is 0. The van der Waals surface area contributed by atoms with Gasteiger partial charge in [-0.2, -0.15) is 4.37 Å². The second-order valence-electron chi connectivity index (χ2n) is 4.23. The van der Waals surface area contributed by atoms with Crippen LogP contribution < -0.4 is 5.32 Å². The van der Waals surface area contributed by atoms with Gasteiger partial charge in [-0.25, -0.2) is 0 Å². The van der Waals surface area contributed by atoms with Crippen LogP contribution in [-0.2, 0) is 0 Å². The van der Waals surface area contributed by atoms with Gasteiger partial charge >= 0.3 is 0 Å². The lowest BCUT2D eigenvalue weighted by molar-refractivity contribution is 0.360. The Morgan fingerprint density at radius 3 is 2.69 bits per heavy atom. The van der Waals surface area contributed by atoms with Crippen molar-refractivity contribution in [3.63, 3.8) is 0 Å². The van der Waals surface area contributed by atoms with Crippen molar-refractivity contribution < 1.29 is 0 Å². The van der Waals surface area contributed by atoms with E-state index < -0.39 is 0 Å². The Morgan fingerprint density at radius 2 is 2.08 bits per heavy atom. The molecule has 70 valence electrons. The number of hydrogen-bond acceptors (Lipinski definition) is 3. The molecular formula is C10H14N2S. The van der Waals surface area contributed by atoms with E-state index >= 15 is 0 Å². The van der Waals surface area contributed by atoms with Crippen LogP contribution in [0.15, 0.2) is 11.4 Å². The van der Waals surface area contributed by atoms with Gasteiger partial charge in [0.05, 0.1) is 5.69 Å². The normalized spacial score (nSPS) is 38.0. The molecule has 2 saturated heterocycles. The standard InChI is InChI=1S/C10H14N2S/c1-2-9-6-7(5-8(1)11-9)10-3-4-13-12-10/h3-4,7-9,11H,1-2,5-6H2. The van der Waals surface area contributed by atoms with Crippen molar-refractivity contribution in [2.75, 3.05) is 0 Å². The van der Waals surface area contributed by atoms with Crippen molar-refractivity contribution in [3.05, 3.63) is 17.1 Å². The molecule has 0 spiro atoms. The van der Waals surface area contributed by atoms with Gasteiger partial charge in [-0.05, 0) is 43.3 Å². The van der Waals surface area contributed by atoms with E-state index in [-0.39, 0.29) is 0 Å². The maximum absolute atomic E-state index is 4.45. The summed E-state index contributed by atoms with van der Waals surface area (Å²) in [5.74, 6) is 0.741. The van der Waals surface area contributed by atoms with Crippen LogP contribution in [0, 0.1) is 0 Å². The van der Waals surface area contributed by atoms with Gasteiger partial charge in [0.2, 0.25) is 0 Å². The lowest BCUT2D eigenvalue weighted by Crippen LogP contribution is -2.37. The number of nitrogens with zero attached hydrogens (tertiary/aromatic N) is 1. The first-order valence-electron chi connectivity index (χ1n) is 5.08. The van der Waals surface area contributed by atoms with Gasteiger partial charge in [0.25, 0.3) is 0 Å². The quantitative estimate of drug-likeness (QED) is 0.741. The third-order valence-corrected chi connectivity index (χ3v) is 3.92. The van der Waals surface area contributed by atoms with Crippen LogP contribution in [0.1, 0.15) is 37.3 Å². The molecule has 13 heavy (non-hydrogen) atoms. The van der Waals surface area contributed by atoms with E-state index in [1.54, 1.807) is 11.5 Å². The number of piperidine rings is 1. The summed E-state index contributed by atoms with van der Waals surface area (Å²) in [6, 6.07) is 3.76. The van der Waals surface area contributed by atoms with Crippen LogP contribution in [0.3, 0.4) is 0 Å². The average Bonchev–Trinajstić information content (AvgIpc) is 2.75. The van der Waals surface area contributed by atoms with Crippen LogP contribution in [0.2, 0.25) is 0 Å². The van der Waals surface area contributed by atoms with E-state index in [1.165, 1.54) is 31.4 Å². The summed E-state index contributed by atoms with van der Waals surface area (Å²) in [4.78, 5) is 0. The number of nitrogens with one attached hydrogen (secondary N) is 1. The van der Waals surface area contributed by atoms with E-state index in [9.17, 15) is 0 Å². The molecule has 2 fully saturated rings. The smallest absolute Gasteiger partial charge is 0.0574 e. The van der Waals surface area contributed by atoms with Crippen LogP contribution in [0.25, 0.3) is 0 Å². The van der Waals surface area contributed by atoms with Gasteiger partial charge in [0, 0.05) is 23.4 Å². The number of aromatic nitrogens is 1. The first kappa shape index (κ1) is 7.94. The molecule has 0 radical (unpaired) electrons. The predicted molar refractivity (Wildman–Crippen MR) is 54.0 cm³/mol. The summed E-state index contributed by atoms with van der Waals surface area (Å²) in [7, 11) is 0. The monoisotopic (exact) mass is 194 g/mol. The first-order valence-corrected chi connectivity index (χ1v) is 5.92. The molecule has 1 aromatic rings. The maximum Gasteiger partial charge on any atom is 0.0574 e. The SMILES string of the molecule is c1cc(C2CC3CCC(C2)N3)ns1. The Hall–Kier alpha value is -0.410. The van der Waals surface area contributed by atoms with Crippen LogP contribution >= 0.6 is 11.5 Å². The molecule has 2 bridgehead atoms. The van der Waals surface area contributed by atoms with Crippen molar-refractivity contribution in [1.29, 1.82) is 0 Å². The summed E-state index contributed by atoms with van der Waals surface area (Å²) >= 11 is 1.59. The molecule has 2 aliphatic rings. The molecule has 2 aliphatic heterocycles. The number of rotatable bonds is 1. The molecule has 3 rings (SSSR count). The zero-order chi connectivity index (χ0) is 8.67. The van der Waals surface area contributed by atoms with Gasteiger partial charge in [-0.15, -0.1) is 0 Å². The molecule has 2 nitrogen and oxygen atoms in total. The Kier molecular flexibility index (Phi) is 1.87. The minimum atomic E-state index is 0.741. The highest BCUT2D eigenvalue weighted by molar-refractivity contribution is 7.03. The fourth-order valence-corrected chi connectivity index (χ4v) is 3.32. The van der Waals surface area contributed by atoms with Crippen LogP contribution in [0.4, 0.5) is 0 Å². The summed E-state index contributed by atoms with van der Waals surface area (Å²) < 4.78 is 4.45. The highest BCUT2D eigenvalue weighted by Gasteiger charge is 2.34. The third-order valence-electron chi connectivity index (χ3n) is 3.35. The van der Waals surface area contributed by atoms with E-state index in [0.29, 0.717) is 0 Å². The Bertz CT molecular complexity index is 271. The second kappa shape index (κ2) is 3.07. The number of hydrogen-bond donors (Lipinski definition) is 1. The van der Waals surface area contributed by atoms with Gasteiger partial charge in [-0.3, -0.25) is 0 Å². The van der Waals surface area contributed by atoms with Gasteiger partial charge in [0.1, 0.15) is 0 Å². The zero-order valence-electron chi connectivity index (χ0n) is 7.57. The zero-order valence-corrected chi connectivity index (χ0v) is 8.39. The molecule has 0 amide bonds. The Morgan fingerprint density at radius 1 is 1.31 bits per heavy atom. The van der Waals surface area contributed by atoms with Crippen LogP contribution in [-0.4, -0.2) is 16.5 Å². The fraction of sp³-hybridized carbons (Fsp3) is 0.700. The lowest BCUT2D eigenvalue weighted by atomic mass is 9.90. The minimum Gasteiger partial charge on any atom is -0.311 e. The predicted octanol–water partition coefficient (Wildman–Crippen LogP) is 2.14. The van der Waals surface area contributed by atoms with E-state index in [2.05, 4.69) is 21.1 Å². The van der Waals surface area contributed by atoms with Gasteiger partial charge in [0.15, 0.2) is 0 Å². The highest BCUT2D eigenvalue weighted by atomic mass is 32.1. The fourth-order valence-electron chi connectivity index (χ4n) is 2.73. The average molecular weight is 194 g/mol. The number of fused-ring (bicyclic) bond motifs is 2. The molecule has 2 unspecified atom stereocenters. The van der Waals surface area contributed by atoms with E-state index in [0.717, 1.165) is 18.0 Å². The van der Waals surface area contributed by atoms with Gasteiger partial charge < -0.3 is 5.32 Å². The first-order chi connectivity index (χ1) is 6.42. The maximum atomic E-state index is 4.45. The summed E-state index contributed by atoms with van der Waals surface area (Å²) in [6.07, 6.45) is 5.37. The molecule has 3 heteroatoms. The molecule has 0 aromatic carbocycles. The van der Waals surface area contributed by atoms with E-state index in [4.69, 9.17) is 0 Å². The van der Waals surface area contributed by atoms with Crippen molar-refractivity contribution >= 4 is 11.5 Å². The van der Waals surface area contributed by atoms with Crippen molar-refractivity contribution in [2.24, 2.45) is 0 Å². The summed E-state index contributed by atoms with van der Waals surface area (Å²) in [5, 5.41) is 5.75. The minimum absolute atomic E-state index is 0.741. The van der Waals surface area contributed by atoms with Crippen molar-refractivity contribution in [2.45, 2.75) is 43.7 Å². The molecule has 1 N–H and O–H groups in total. The van der Waals surface area contributed by atoms with E-state index in [1.807, 2.05) is 0 Å². The molecule has 3 heterocycles. The molecular weight excluding hydrogens is 180 g/mol. The highest BCUT2D eigenvalue weighted by Crippen LogP contribution is 2.36. The Balaban J connectivity index is 1.80. The largest absolute Gasteiger partial charge is 0.311 e. The van der Waals surface area contributed by atoms with Gasteiger partial charge in [-0.1, -0.05) is 0 Å². The van der Waals surface area contributed by atoms with Crippen molar-refractivity contribution in [3.8, 4) is 0 Å². The third kappa shape index (κ3) is 1.40. The Labute approximate surface area is 82.5 Å². The van der Waals surface area contributed by atoms with Crippen LogP contribution in [0.5, 0.6) is 0 Å². The molecule has 1 aromatic heterocycles.